The molecule has 3 rings (SSSR count). The third kappa shape index (κ3) is 4.47. The lowest BCUT2D eigenvalue weighted by Crippen LogP contribution is -2.31. The zero-order valence-electron chi connectivity index (χ0n) is 14.6. The Morgan fingerprint density at radius 2 is 1.52 bits per heavy atom. The second-order valence-electron chi connectivity index (χ2n) is 6.03. The van der Waals surface area contributed by atoms with Crippen molar-refractivity contribution in [3.8, 4) is 0 Å². The van der Waals surface area contributed by atoms with Gasteiger partial charge >= 0.3 is 0 Å². The molecule has 1 N–H and O–H groups in total. The van der Waals surface area contributed by atoms with Gasteiger partial charge in [0.15, 0.2) is 9.84 Å². The lowest BCUT2D eigenvalue weighted by molar-refractivity contribution is 0.569. The molecule has 5 nitrogen and oxygen atoms in total. The fourth-order valence-electron chi connectivity index (χ4n) is 2.60. The number of rotatable bonds is 7. The molecule has 27 heavy (non-hydrogen) atoms. The van der Waals surface area contributed by atoms with Crippen LogP contribution >= 0.6 is 11.3 Å². The van der Waals surface area contributed by atoms with Gasteiger partial charge < -0.3 is 0 Å². The molecule has 0 saturated carbocycles. The Bertz CT molecular complexity index is 1090. The highest BCUT2D eigenvalue weighted by atomic mass is 32.2. The third-order valence-electron chi connectivity index (χ3n) is 4.10. The van der Waals surface area contributed by atoms with Crippen molar-refractivity contribution in [1.29, 1.82) is 0 Å². The summed E-state index contributed by atoms with van der Waals surface area (Å²) in [5.41, 5.74) is 0.942. The second-order valence-corrected chi connectivity index (χ2v) is 10.9. The summed E-state index contributed by atoms with van der Waals surface area (Å²) >= 11 is 1.29. The summed E-state index contributed by atoms with van der Waals surface area (Å²) in [6, 6.07) is 17.9. The van der Waals surface area contributed by atoms with Crippen LogP contribution in [0.5, 0.6) is 0 Å². The number of sulfone groups is 1. The molecule has 0 aliphatic heterocycles. The molecule has 0 amide bonds. The van der Waals surface area contributed by atoms with Crippen LogP contribution in [0.4, 0.5) is 0 Å². The van der Waals surface area contributed by atoms with Gasteiger partial charge in [-0.3, -0.25) is 0 Å². The molecule has 2 aromatic carbocycles. The minimum Gasteiger partial charge on any atom is -0.223 e. The van der Waals surface area contributed by atoms with Crippen LogP contribution in [0.1, 0.15) is 15.7 Å². The second kappa shape index (κ2) is 7.93. The number of sulfonamides is 1. The van der Waals surface area contributed by atoms with Gasteiger partial charge in [-0.05, 0) is 42.6 Å². The maximum absolute atomic E-state index is 13.1. The van der Waals surface area contributed by atoms with Gasteiger partial charge in [-0.2, -0.15) is 0 Å². The largest absolute Gasteiger partial charge is 0.240 e. The van der Waals surface area contributed by atoms with E-state index in [0.717, 1.165) is 5.56 Å². The fraction of sp³-hybridized carbons (Fsp3) is 0.158. The molecule has 1 atom stereocenters. The minimum absolute atomic E-state index is 0.107. The van der Waals surface area contributed by atoms with E-state index in [9.17, 15) is 16.8 Å². The Morgan fingerprint density at radius 3 is 2.11 bits per heavy atom. The monoisotopic (exact) mass is 421 g/mol. The molecule has 3 aromatic rings. The lowest BCUT2D eigenvalue weighted by atomic mass is 10.2. The number of benzene rings is 2. The van der Waals surface area contributed by atoms with Crippen molar-refractivity contribution in [2.75, 3.05) is 6.54 Å². The van der Waals surface area contributed by atoms with Crippen molar-refractivity contribution in [3.63, 3.8) is 0 Å². The Balaban J connectivity index is 1.91. The zero-order valence-corrected chi connectivity index (χ0v) is 17.0. The predicted molar refractivity (Wildman–Crippen MR) is 107 cm³/mol. The van der Waals surface area contributed by atoms with Crippen LogP contribution in [-0.2, 0) is 19.9 Å². The predicted octanol–water partition coefficient (Wildman–Crippen LogP) is 3.55. The molecule has 142 valence electrons. The minimum atomic E-state index is -3.82. The van der Waals surface area contributed by atoms with Gasteiger partial charge in [0, 0.05) is 11.4 Å². The third-order valence-corrected chi connectivity index (χ3v) is 8.77. The van der Waals surface area contributed by atoms with Crippen molar-refractivity contribution in [1.82, 2.24) is 4.72 Å². The van der Waals surface area contributed by atoms with Crippen LogP contribution in [0.3, 0.4) is 0 Å². The summed E-state index contributed by atoms with van der Waals surface area (Å²) in [6.07, 6.45) is 0. The van der Waals surface area contributed by atoms with Gasteiger partial charge in [0.1, 0.15) is 5.25 Å². The van der Waals surface area contributed by atoms with E-state index in [2.05, 4.69) is 4.72 Å². The average Bonchev–Trinajstić information content (AvgIpc) is 3.17. The first-order valence-corrected chi connectivity index (χ1v) is 12.1. The SMILES string of the molecule is Cc1ccc(S(=O)(=O)NC[C@H](c2cccs2)S(=O)(=O)c2ccccc2)cc1. The molecule has 0 fully saturated rings. The summed E-state index contributed by atoms with van der Waals surface area (Å²) in [7, 11) is -7.57. The Kier molecular flexibility index (Phi) is 5.81. The van der Waals surface area contributed by atoms with Crippen LogP contribution in [-0.4, -0.2) is 23.4 Å². The van der Waals surface area contributed by atoms with Gasteiger partial charge in [-0.1, -0.05) is 42.0 Å². The molecule has 0 aliphatic rings. The molecule has 0 bridgehead atoms. The summed E-state index contributed by atoms with van der Waals surface area (Å²) < 4.78 is 53.8. The summed E-state index contributed by atoms with van der Waals surface area (Å²) in [5.74, 6) is 0. The number of aryl methyl sites for hydroxylation is 1. The van der Waals surface area contributed by atoms with E-state index in [-0.39, 0.29) is 16.3 Å². The van der Waals surface area contributed by atoms with E-state index < -0.39 is 25.1 Å². The van der Waals surface area contributed by atoms with E-state index in [1.54, 1.807) is 47.8 Å². The highest BCUT2D eigenvalue weighted by Crippen LogP contribution is 2.31. The fourth-order valence-corrected chi connectivity index (χ4v) is 6.56. The van der Waals surface area contributed by atoms with Gasteiger partial charge in [0.25, 0.3) is 0 Å². The highest BCUT2D eigenvalue weighted by molar-refractivity contribution is 7.92. The van der Waals surface area contributed by atoms with Gasteiger partial charge in [0.2, 0.25) is 10.0 Å². The van der Waals surface area contributed by atoms with Crippen molar-refractivity contribution in [3.05, 3.63) is 82.6 Å². The summed E-state index contributed by atoms with van der Waals surface area (Å²) in [6.45, 7) is 1.62. The van der Waals surface area contributed by atoms with Crippen LogP contribution in [0.25, 0.3) is 0 Å². The average molecular weight is 422 g/mol. The topological polar surface area (TPSA) is 80.3 Å². The maximum atomic E-state index is 13.1. The Morgan fingerprint density at radius 1 is 0.852 bits per heavy atom. The van der Waals surface area contributed by atoms with E-state index in [1.165, 1.54) is 35.6 Å². The number of hydrogen-bond donors (Lipinski definition) is 1. The first-order chi connectivity index (χ1) is 12.8. The smallest absolute Gasteiger partial charge is 0.223 e. The van der Waals surface area contributed by atoms with Gasteiger partial charge in [-0.25, -0.2) is 21.6 Å². The molecule has 8 heteroatoms. The lowest BCUT2D eigenvalue weighted by Gasteiger charge is -2.17. The Labute approximate surface area is 163 Å². The quantitative estimate of drug-likeness (QED) is 0.633. The van der Waals surface area contributed by atoms with Crippen LogP contribution in [0, 0.1) is 6.92 Å². The maximum Gasteiger partial charge on any atom is 0.240 e. The molecule has 0 spiro atoms. The van der Waals surface area contributed by atoms with Crippen molar-refractivity contribution >= 4 is 31.2 Å². The van der Waals surface area contributed by atoms with E-state index in [4.69, 9.17) is 0 Å². The summed E-state index contributed by atoms with van der Waals surface area (Å²) in [4.78, 5) is 0.860. The molecule has 0 saturated heterocycles. The van der Waals surface area contributed by atoms with E-state index in [0.29, 0.717) is 4.88 Å². The first-order valence-electron chi connectivity index (χ1n) is 8.19. The first kappa shape index (κ1) is 19.8. The molecular formula is C19H19NO4S3. The van der Waals surface area contributed by atoms with Crippen molar-refractivity contribution < 1.29 is 16.8 Å². The molecule has 1 heterocycles. The normalized spacial score (nSPS) is 13.4. The van der Waals surface area contributed by atoms with Crippen LogP contribution in [0.2, 0.25) is 0 Å². The zero-order chi connectivity index (χ0) is 19.5. The molecule has 0 aliphatic carbocycles. The number of hydrogen-bond acceptors (Lipinski definition) is 5. The number of thiophene rings is 1. The van der Waals surface area contributed by atoms with Gasteiger partial charge in [-0.15, -0.1) is 11.3 Å². The molecule has 0 radical (unpaired) electrons. The Hall–Kier alpha value is -2.00. The van der Waals surface area contributed by atoms with Gasteiger partial charge in [0.05, 0.1) is 9.79 Å². The molecular weight excluding hydrogens is 402 g/mol. The molecule has 0 unspecified atom stereocenters. The van der Waals surface area contributed by atoms with Crippen LogP contribution < -0.4 is 4.72 Å². The van der Waals surface area contributed by atoms with Crippen molar-refractivity contribution in [2.24, 2.45) is 0 Å². The number of nitrogens with one attached hydrogen (secondary N) is 1. The highest BCUT2D eigenvalue weighted by Gasteiger charge is 2.31. The van der Waals surface area contributed by atoms with E-state index in [1.807, 2.05) is 6.92 Å². The van der Waals surface area contributed by atoms with Crippen LogP contribution in [0.15, 0.2) is 81.9 Å². The standard InChI is InChI=1S/C19H19NO4S3/c1-15-9-11-17(12-10-15)27(23,24)20-14-19(18-8-5-13-25-18)26(21,22)16-6-3-2-4-7-16/h2-13,19-20H,14H2,1H3/t19-/m1/s1. The van der Waals surface area contributed by atoms with Crippen molar-refractivity contribution in [2.45, 2.75) is 22.0 Å². The summed E-state index contributed by atoms with van der Waals surface area (Å²) in [5, 5.41) is 0.775. The van der Waals surface area contributed by atoms with E-state index >= 15 is 0 Å². The molecule has 1 aromatic heterocycles.